The molecule has 0 unspecified atom stereocenters. The van der Waals surface area contributed by atoms with Crippen molar-refractivity contribution >= 4 is 22.4 Å². The van der Waals surface area contributed by atoms with Crippen molar-refractivity contribution in [2.24, 2.45) is 0 Å². The summed E-state index contributed by atoms with van der Waals surface area (Å²) in [7, 11) is 0. The molecule has 0 radical (unpaired) electrons. The fraction of sp³-hybridized carbons (Fsp3) is 0.161. The molecule has 6 aromatic rings. The van der Waals surface area contributed by atoms with Crippen molar-refractivity contribution in [1.82, 2.24) is 24.4 Å². The van der Waals surface area contributed by atoms with Gasteiger partial charge in [-0.05, 0) is 62.2 Å². The number of para-hydroxylation sites is 1. The number of benzene rings is 3. The van der Waals surface area contributed by atoms with E-state index >= 15 is 0 Å². The maximum Gasteiger partial charge on any atom is 0.291 e. The molecule has 3 heterocycles. The molecule has 0 saturated heterocycles. The van der Waals surface area contributed by atoms with Crippen LogP contribution in [0.4, 0.5) is 0 Å². The monoisotopic (exact) mass is 533 g/mol. The Bertz CT molecular complexity index is 1890. The van der Waals surface area contributed by atoms with Gasteiger partial charge in [0.15, 0.2) is 5.82 Å². The van der Waals surface area contributed by atoms with Gasteiger partial charge in [0.1, 0.15) is 11.4 Å². The molecule has 0 fully saturated rings. The predicted molar refractivity (Wildman–Crippen MR) is 156 cm³/mol. The van der Waals surface area contributed by atoms with E-state index in [0.717, 1.165) is 51.4 Å². The fourth-order valence-corrected chi connectivity index (χ4v) is 5.30. The van der Waals surface area contributed by atoms with E-state index in [4.69, 9.17) is 9.84 Å². The Morgan fingerprint density at radius 2 is 1.72 bits per heavy atom. The van der Waals surface area contributed by atoms with Crippen LogP contribution in [0.15, 0.2) is 83.8 Å². The van der Waals surface area contributed by atoms with E-state index in [-0.39, 0.29) is 5.56 Å². The Hall–Kier alpha value is -4.56. The molecule has 39 heavy (non-hydrogen) atoms. The normalized spacial score (nSPS) is 11.9. The first-order valence-corrected chi connectivity index (χ1v) is 13.7. The summed E-state index contributed by atoms with van der Waals surface area (Å²) in [5, 5.41) is 9.42. The van der Waals surface area contributed by atoms with Crippen molar-refractivity contribution in [3.8, 4) is 34.1 Å². The molecule has 0 saturated carbocycles. The molecule has 6 rings (SSSR count). The van der Waals surface area contributed by atoms with Crippen molar-refractivity contribution in [3.63, 3.8) is 0 Å². The summed E-state index contributed by atoms with van der Waals surface area (Å²) < 4.78 is 9.65. The smallest absolute Gasteiger partial charge is 0.291 e. The number of fused-ring (bicyclic) bond motifs is 1. The van der Waals surface area contributed by atoms with Crippen LogP contribution in [-0.4, -0.2) is 31.0 Å². The Morgan fingerprint density at radius 1 is 0.949 bits per heavy atom. The summed E-state index contributed by atoms with van der Waals surface area (Å²) in [4.78, 5) is 18.5. The predicted octanol–water partition coefficient (Wildman–Crippen LogP) is 5.62. The summed E-state index contributed by atoms with van der Waals surface area (Å²) in [5.74, 6) is 1.41. The van der Waals surface area contributed by atoms with Gasteiger partial charge in [0.05, 0.1) is 16.8 Å². The van der Waals surface area contributed by atoms with Gasteiger partial charge in [0.25, 0.3) is 5.56 Å². The van der Waals surface area contributed by atoms with Gasteiger partial charge >= 0.3 is 0 Å². The Morgan fingerprint density at radius 3 is 2.44 bits per heavy atom. The Kier molecular flexibility index (Phi) is 6.54. The minimum atomic E-state index is -0.196. The zero-order valence-electron chi connectivity index (χ0n) is 22.0. The third-order valence-corrected chi connectivity index (χ3v) is 7.41. The number of hydrogen-bond donors (Lipinski definition) is 0. The first-order chi connectivity index (χ1) is 19.0. The maximum atomic E-state index is 13.4. The van der Waals surface area contributed by atoms with Crippen molar-refractivity contribution in [1.29, 1.82) is 0 Å². The van der Waals surface area contributed by atoms with Crippen LogP contribution in [-0.2, 0) is 0 Å². The molecule has 0 N–H and O–H groups in total. The van der Waals surface area contributed by atoms with E-state index in [1.54, 1.807) is 0 Å². The first kappa shape index (κ1) is 24.8. The average Bonchev–Trinajstić information content (AvgIpc) is 3.64. The number of aryl methyl sites for hydroxylation is 2. The molecule has 0 aliphatic carbocycles. The number of thiazole rings is 1. The lowest BCUT2D eigenvalue weighted by Crippen LogP contribution is -2.23. The van der Waals surface area contributed by atoms with Crippen LogP contribution in [0.2, 0.25) is 0 Å². The largest absolute Gasteiger partial charge is 0.493 e. The molecule has 0 amide bonds. The second kappa shape index (κ2) is 10.3. The second-order valence-electron chi connectivity index (χ2n) is 9.45. The van der Waals surface area contributed by atoms with E-state index in [1.807, 2.05) is 97.5 Å². The number of rotatable bonds is 7. The zero-order chi connectivity index (χ0) is 26.9. The van der Waals surface area contributed by atoms with E-state index in [9.17, 15) is 4.79 Å². The van der Waals surface area contributed by atoms with Crippen molar-refractivity contribution in [2.75, 3.05) is 6.61 Å². The molecule has 3 aromatic heterocycles. The van der Waals surface area contributed by atoms with Gasteiger partial charge in [0.2, 0.25) is 4.96 Å². The number of ether oxygens (including phenoxy) is 1. The molecule has 0 atom stereocenters. The van der Waals surface area contributed by atoms with E-state index in [1.165, 1.54) is 15.9 Å². The summed E-state index contributed by atoms with van der Waals surface area (Å²) in [6, 6.07) is 24.0. The standard InChI is InChI=1S/C31H27N5O2S/c1-4-16-38-26-15-14-23(17-21(26)3)28-24(19-35(33-28)25-8-6-5-7-9-25)18-27-30(37)36-31(39-27)32-29(34-36)22-12-10-20(2)11-13-22/h5-15,17-19H,4,16H2,1-3H3. The summed E-state index contributed by atoms with van der Waals surface area (Å²) >= 11 is 1.33. The Labute approximate surface area is 229 Å². The lowest BCUT2D eigenvalue weighted by molar-refractivity contribution is 0.315. The van der Waals surface area contributed by atoms with Crippen LogP contribution in [0.25, 0.3) is 39.4 Å². The highest BCUT2D eigenvalue weighted by molar-refractivity contribution is 7.15. The summed E-state index contributed by atoms with van der Waals surface area (Å²) in [6.07, 6.45) is 4.78. The third kappa shape index (κ3) is 4.86. The van der Waals surface area contributed by atoms with Gasteiger partial charge in [0, 0.05) is 22.9 Å². The highest BCUT2D eigenvalue weighted by Crippen LogP contribution is 2.29. The van der Waals surface area contributed by atoms with Crippen molar-refractivity contribution < 1.29 is 4.74 Å². The second-order valence-corrected chi connectivity index (χ2v) is 10.5. The SMILES string of the molecule is CCCOc1ccc(-c2nn(-c3ccccc3)cc2C=c2sc3nc(-c4ccc(C)cc4)nn3c2=O)cc1C. The van der Waals surface area contributed by atoms with E-state index < -0.39 is 0 Å². The quantitative estimate of drug-likeness (QED) is 0.266. The highest BCUT2D eigenvalue weighted by Gasteiger charge is 2.16. The van der Waals surface area contributed by atoms with Gasteiger partial charge in [-0.25, -0.2) is 4.68 Å². The highest BCUT2D eigenvalue weighted by atomic mass is 32.1. The van der Waals surface area contributed by atoms with Crippen LogP contribution in [0, 0.1) is 13.8 Å². The van der Waals surface area contributed by atoms with Crippen molar-refractivity contribution in [3.05, 3.63) is 111 Å². The number of aromatic nitrogens is 5. The molecular weight excluding hydrogens is 506 g/mol. The van der Waals surface area contributed by atoms with Gasteiger partial charge < -0.3 is 4.74 Å². The summed E-state index contributed by atoms with van der Waals surface area (Å²) in [5.41, 5.74) is 6.38. The minimum Gasteiger partial charge on any atom is -0.493 e. The van der Waals surface area contributed by atoms with E-state index in [0.29, 0.717) is 21.9 Å². The molecule has 194 valence electrons. The zero-order valence-corrected chi connectivity index (χ0v) is 22.8. The Balaban J connectivity index is 1.45. The molecule has 0 bridgehead atoms. The average molecular weight is 534 g/mol. The molecule has 3 aromatic carbocycles. The van der Waals surface area contributed by atoms with Gasteiger partial charge in [-0.3, -0.25) is 4.79 Å². The van der Waals surface area contributed by atoms with Crippen LogP contribution in [0.3, 0.4) is 0 Å². The molecule has 0 spiro atoms. The van der Waals surface area contributed by atoms with Crippen molar-refractivity contribution in [2.45, 2.75) is 27.2 Å². The topological polar surface area (TPSA) is 74.3 Å². The van der Waals surface area contributed by atoms with Crippen LogP contribution in [0.1, 0.15) is 30.0 Å². The number of hydrogen-bond acceptors (Lipinski definition) is 6. The minimum absolute atomic E-state index is 0.196. The number of nitrogens with zero attached hydrogens (tertiary/aromatic N) is 5. The molecule has 0 aliphatic rings. The van der Waals surface area contributed by atoms with Gasteiger partial charge in [-0.15, -0.1) is 5.10 Å². The first-order valence-electron chi connectivity index (χ1n) is 12.9. The molecule has 0 aliphatic heterocycles. The van der Waals surface area contributed by atoms with Gasteiger partial charge in [-0.2, -0.15) is 14.6 Å². The molecule has 8 heteroatoms. The van der Waals surface area contributed by atoms with Crippen LogP contribution in [0.5, 0.6) is 5.75 Å². The molecule has 7 nitrogen and oxygen atoms in total. The van der Waals surface area contributed by atoms with Crippen LogP contribution < -0.4 is 14.8 Å². The lowest BCUT2D eigenvalue weighted by Gasteiger charge is -2.09. The van der Waals surface area contributed by atoms with E-state index in [2.05, 4.69) is 23.1 Å². The van der Waals surface area contributed by atoms with Gasteiger partial charge in [-0.1, -0.05) is 66.3 Å². The fourth-order valence-electron chi connectivity index (χ4n) is 4.40. The third-order valence-electron chi connectivity index (χ3n) is 6.45. The summed E-state index contributed by atoms with van der Waals surface area (Å²) in [6.45, 7) is 6.83. The lowest BCUT2D eigenvalue weighted by atomic mass is 10.0. The maximum absolute atomic E-state index is 13.4. The molecular formula is C31H27N5O2S. The van der Waals surface area contributed by atoms with Crippen LogP contribution >= 0.6 is 11.3 Å².